The largest absolute Gasteiger partial charge is 0.574 e. The Morgan fingerprint density at radius 1 is 1.22 bits per heavy atom. The van der Waals surface area contributed by atoms with Gasteiger partial charge in [-0.05, 0) is 12.5 Å². The Labute approximate surface area is 180 Å². The van der Waals surface area contributed by atoms with Gasteiger partial charge in [-0.25, -0.2) is 9.97 Å². The zero-order valence-electron chi connectivity index (χ0n) is 17.1. The molecular formula is C19H19F3N8O2. The second kappa shape index (κ2) is 8.32. The number of ether oxygens (including phenoxy) is 1. The average Bonchev–Trinajstić information content (AvgIpc) is 3.15. The van der Waals surface area contributed by atoms with Gasteiger partial charge in [0.2, 0.25) is 17.7 Å². The minimum atomic E-state index is -4.78. The van der Waals surface area contributed by atoms with Gasteiger partial charge in [0, 0.05) is 37.6 Å². The topological polar surface area (TPSA) is 110 Å². The summed E-state index contributed by atoms with van der Waals surface area (Å²) in [6.07, 6.45) is -0.00827. The van der Waals surface area contributed by atoms with E-state index in [-0.39, 0.29) is 12.5 Å². The van der Waals surface area contributed by atoms with Crippen molar-refractivity contribution in [2.75, 3.05) is 29.1 Å². The molecule has 168 valence electrons. The van der Waals surface area contributed by atoms with E-state index >= 15 is 0 Å². The molecule has 1 aliphatic rings. The Balaban J connectivity index is 1.37. The number of likely N-dealkylation sites (N-methyl/N-ethyl adjacent to an activating group) is 1. The normalized spacial score (nSPS) is 13.5. The number of halogens is 3. The fourth-order valence-electron chi connectivity index (χ4n) is 3.16. The van der Waals surface area contributed by atoms with Crippen LogP contribution in [0.25, 0.3) is 0 Å². The SMILES string of the molecule is Cc1nc(NCc2cnn(Cc3ccc(OC(F)(F)F)nc3)c2)nc2c1NC(=O)CN2C. The highest BCUT2D eigenvalue weighted by Gasteiger charge is 2.31. The minimum absolute atomic E-state index is 0.113. The predicted octanol–water partition coefficient (Wildman–Crippen LogP) is 2.32. The molecule has 0 aromatic carbocycles. The van der Waals surface area contributed by atoms with Crippen molar-refractivity contribution in [2.24, 2.45) is 0 Å². The van der Waals surface area contributed by atoms with Gasteiger partial charge in [-0.3, -0.25) is 9.48 Å². The zero-order valence-corrected chi connectivity index (χ0v) is 17.1. The van der Waals surface area contributed by atoms with Crippen LogP contribution in [-0.2, 0) is 17.9 Å². The number of amides is 1. The first-order valence-corrected chi connectivity index (χ1v) is 9.52. The van der Waals surface area contributed by atoms with Gasteiger partial charge >= 0.3 is 6.36 Å². The summed E-state index contributed by atoms with van der Waals surface area (Å²) >= 11 is 0. The van der Waals surface area contributed by atoms with E-state index in [1.807, 2.05) is 0 Å². The number of fused-ring (bicyclic) bond motifs is 1. The molecule has 1 amide bonds. The monoisotopic (exact) mass is 448 g/mol. The lowest BCUT2D eigenvalue weighted by Crippen LogP contribution is -2.36. The van der Waals surface area contributed by atoms with Crippen molar-refractivity contribution in [1.29, 1.82) is 0 Å². The Bertz CT molecular complexity index is 1130. The van der Waals surface area contributed by atoms with E-state index in [0.29, 0.717) is 41.8 Å². The molecule has 0 spiro atoms. The average molecular weight is 448 g/mol. The van der Waals surface area contributed by atoms with E-state index in [0.717, 1.165) is 11.6 Å². The van der Waals surface area contributed by atoms with E-state index in [9.17, 15) is 18.0 Å². The highest BCUT2D eigenvalue weighted by atomic mass is 19.4. The Kier molecular flexibility index (Phi) is 5.55. The van der Waals surface area contributed by atoms with E-state index < -0.39 is 12.2 Å². The number of hydrogen-bond donors (Lipinski definition) is 2. The van der Waals surface area contributed by atoms with Crippen molar-refractivity contribution in [2.45, 2.75) is 26.4 Å². The molecule has 0 saturated carbocycles. The van der Waals surface area contributed by atoms with Crippen LogP contribution in [0.15, 0.2) is 30.7 Å². The summed E-state index contributed by atoms with van der Waals surface area (Å²) in [4.78, 5) is 26.0. The summed E-state index contributed by atoms with van der Waals surface area (Å²) in [5.41, 5.74) is 2.78. The number of hydrogen-bond acceptors (Lipinski definition) is 8. The number of carbonyl (C=O) groups is 1. The molecule has 10 nitrogen and oxygen atoms in total. The van der Waals surface area contributed by atoms with Crippen LogP contribution in [0.4, 0.5) is 30.6 Å². The molecule has 0 bridgehead atoms. The number of carbonyl (C=O) groups excluding carboxylic acids is 1. The second-order valence-electron chi connectivity index (χ2n) is 7.19. The maximum atomic E-state index is 12.2. The molecule has 32 heavy (non-hydrogen) atoms. The van der Waals surface area contributed by atoms with Crippen LogP contribution in [0.1, 0.15) is 16.8 Å². The quantitative estimate of drug-likeness (QED) is 0.591. The van der Waals surface area contributed by atoms with Crippen molar-refractivity contribution in [3.63, 3.8) is 0 Å². The summed E-state index contributed by atoms with van der Waals surface area (Å²) in [6.45, 7) is 2.75. The summed E-state index contributed by atoms with van der Waals surface area (Å²) < 4.78 is 42.1. The minimum Gasteiger partial charge on any atom is -0.388 e. The van der Waals surface area contributed by atoms with Crippen molar-refractivity contribution in [3.05, 3.63) is 47.5 Å². The van der Waals surface area contributed by atoms with Crippen LogP contribution < -0.4 is 20.3 Å². The highest BCUT2D eigenvalue weighted by molar-refractivity contribution is 6.00. The van der Waals surface area contributed by atoms with Gasteiger partial charge in [0.15, 0.2) is 5.82 Å². The Morgan fingerprint density at radius 3 is 2.75 bits per heavy atom. The molecule has 0 radical (unpaired) electrons. The van der Waals surface area contributed by atoms with Gasteiger partial charge in [-0.15, -0.1) is 13.2 Å². The highest BCUT2D eigenvalue weighted by Crippen LogP contribution is 2.29. The number of aromatic nitrogens is 5. The molecule has 0 aliphatic carbocycles. The number of rotatable bonds is 6. The van der Waals surface area contributed by atoms with E-state index in [1.54, 1.807) is 35.9 Å². The number of pyridine rings is 1. The van der Waals surface area contributed by atoms with Gasteiger partial charge in [0.1, 0.15) is 5.69 Å². The third-order valence-corrected chi connectivity index (χ3v) is 4.58. The Hall–Kier alpha value is -3.90. The van der Waals surface area contributed by atoms with Crippen LogP contribution >= 0.6 is 0 Å². The van der Waals surface area contributed by atoms with Crippen LogP contribution in [0.2, 0.25) is 0 Å². The summed E-state index contributed by atoms with van der Waals surface area (Å²) in [5, 5.41) is 10.2. The fraction of sp³-hybridized carbons (Fsp3) is 0.316. The second-order valence-corrected chi connectivity index (χ2v) is 7.19. The van der Waals surface area contributed by atoms with Gasteiger partial charge in [0.25, 0.3) is 0 Å². The molecule has 2 N–H and O–H groups in total. The summed E-state index contributed by atoms with van der Waals surface area (Å²) in [7, 11) is 1.79. The number of aryl methyl sites for hydroxylation is 1. The maximum absolute atomic E-state index is 12.2. The lowest BCUT2D eigenvalue weighted by atomic mass is 10.2. The standard InChI is InChI=1S/C19H19F3N8O2/c1-11-16-17(29(2)10-14(31)27-16)28-18(26-11)24-6-13-7-25-30(9-13)8-12-3-4-15(23-5-12)32-19(20,21)22/h3-5,7,9H,6,8,10H2,1-2H3,(H,27,31)(H,24,26,28). The van der Waals surface area contributed by atoms with Crippen LogP contribution in [-0.4, -0.2) is 50.6 Å². The molecule has 13 heteroatoms. The fourth-order valence-corrected chi connectivity index (χ4v) is 3.16. The smallest absolute Gasteiger partial charge is 0.388 e. The van der Waals surface area contributed by atoms with E-state index in [4.69, 9.17) is 0 Å². The van der Waals surface area contributed by atoms with Crippen molar-refractivity contribution in [3.8, 4) is 5.88 Å². The first-order chi connectivity index (χ1) is 15.2. The predicted molar refractivity (Wildman–Crippen MR) is 108 cm³/mol. The molecule has 1 aliphatic heterocycles. The molecule has 0 unspecified atom stereocenters. The van der Waals surface area contributed by atoms with Crippen molar-refractivity contribution in [1.82, 2.24) is 24.7 Å². The number of nitrogens with zero attached hydrogens (tertiary/aromatic N) is 6. The van der Waals surface area contributed by atoms with Gasteiger partial charge in [-0.1, -0.05) is 6.07 Å². The van der Waals surface area contributed by atoms with Crippen molar-refractivity contribution < 1.29 is 22.7 Å². The molecule has 3 aromatic heterocycles. The van der Waals surface area contributed by atoms with Crippen LogP contribution in [0, 0.1) is 6.92 Å². The maximum Gasteiger partial charge on any atom is 0.574 e. The van der Waals surface area contributed by atoms with E-state index in [2.05, 4.69) is 35.4 Å². The number of anilines is 3. The lowest BCUT2D eigenvalue weighted by molar-refractivity contribution is -0.276. The first kappa shape index (κ1) is 21.3. The van der Waals surface area contributed by atoms with Gasteiger partial charge in [0.05, 0.1) is 25.0 Å². The van der Waals surface area contributed by atoms with E-state index in [1.165, 1.54) is 12.3 Å². The lowest BCUT2D eigenvalue weighted by Gasteiger charge is -2.27. The third kappa shape index (κ3) is 5.04. The van der Waals surface area contributed by atoms with Gasteiger partial charge in [-0.2, -0.15) is 10.1 Å². The molecule has 0 atom stereocenters. The zero-order chi connectivity index (χ0) is 22.9. The molecule has 4 rings (SSSR count). The molecule has 3 aromatic rings. The Morgan fingerprint density at radius 2 is 2.03 bits per heavy atom. The number of nitrogens with one attached hydrogen (secondary N) is 2. The molecule has 0 fully saturated rings. The first-order valence-electron chi connectivity index (χ1n) is 9.52. The van der Waals surface area contributed by atoms with Crippen LogP contribution in [0.5, 0.6) is 5.88 Å². The molecular weight excluding hydrogens is 429 g/mol. The molecule has 4 heterocycles. The molecule has 0 saturated heterocycles. The summed E-state index contributed by atoms with van der Waals surface area (Å²) in [6, 6.07) is 2.65. The third-order valence-electron chi connectivity index (χ3n) is 4.58. The summed E-state index contributed by atoms with van der Waals surface area (Å²) in [5.74, 6) is 0.428. The van der Waals surface area contributed by atoms with Crippen LogP contribution in [0.3, 0.4) is 0 Å². The van der Waals surface area contributed by atoms with Gasteiger partial charge < -0.3 is 20.3 Å². The van der Waals surface area contributed by atoms with Crippen molar-refractivity contribution >= 4 is 23.4 Å². The number of alkyl halides is 3.